The molecule has 0 saturated carbocycles. The predicted molar refractivity (Wildman–Crippen MR) is 74.2 cm³/mol. The van der Waals surface area contributed by atoms with Crippen molar-refractivity contribution in [2.75, 3.05) is 6.54 Å². The molecule has 1 amide bonds. The fraction of sp³-hybridized carbons (Fsp3) is 0.462. The Balaban J connectivity index is 3.45. The Morgan fingerprint density at radius 1 is 1.33 bits per heavy atom. The van der Waals surface area contributed by atoms with Gasteiger partial charge in [0.2, 0.25) is 10.0 Å². The highest BCUT2D eigenvalue weighted by molar-refractivity contribution is 7.89. The molecule has 0 atom stereocenters. The highest BCUT2D eigenvalue weighted by Crippen LogP contribution is 2.22. The number of primary sulfonamides is 1. The number of sulfonamides is 1. The summed E-state index contributed by atoms with van der Waals surface area (Å²) in [7, 11) is -4.38. The van der Waals surface area contributed by atoms with Crippen LogP contribution in [0.2, 0.25) is 0 Å². The summed E-state index contributed by atoms with van der Waals surface area (Å²) >= 11 is 0. The normalized spacial score (nSPS) is 11.8. The van der Waals surface area contributed by atoms with Crippen molar-refractivity contribution in [2.24, 2.45) is 5.14 Å². The van der Waals surface area contributed by atoms with Crippen molar-refractivity contribution in [2.45, 2.75) is 38.1 Å². The van der Waals surface area contributed by atoms with Gasteiger partial charge >= 0.3 is 0 Å². The van der Waals surface area contributed by atoms with Crippen LogP contribution in [0, 0.1) is 11.6 Å². The van der Waals surface area contributed by atoms with Crippen molar-refractivity contribution in [1.29, 1.82) is 0 Å². The molecular formula is C13H18F2N2O3S. The van der Waals surface area contributed by atoms with Gasteiger partial charge in [-0.3, -0.25) is 4.79 Å². The number of halogens is 2. The van der Waals surface area contributed by atoms with Crippen LogP contribution in [0.15, 0.2) is 17.0 Å². The van der Waals surface area contributed by atoms with E-state index in [1.807, 2.05) is 6.92 Å². The molecule has 2 N–H and O–H groups in total. The maximum absolute atomic E-state index is 14.2. The molecule has 0 fully saturated rings. The van der Waals surface area contributed by atoms with Crippen LogP contribution in [-0.4, -0.2) is 31.8 Å². The zero-order valence-electron chi connectivity index (χ0n) is 12.1. The van der Waals surface area contributed by atoms with E-state index >= 15 is 0 Å². The summed E-state index contributed by atoms with van der Waals surface area (Å²) in [6.07, 6.45) is 0.599. The zero-order valence-corrected chi connectivity index (χ0v) is 12.9. The summed E-state index contributed by atoms with van der Waals surface area (Å²) < 4.78 is 50.5. The number of hydrogen-bond acceptors (Lipinski definition) is 3. The van der Waals surface area contributed by atoms with Gasteiger partial charge in [0.1, 0.15) is 16.3 Å². The number of rotatable bonds is 5. The number of carbonyl (C=O) groups is 1. The second-order valence-electron chi connectivity index (χ2n) is 4.87. The molecule has 0 heterocycles. The molecule has 0 saturated heterocycles. The molecule has 0 bridgehead atoms. The number of carbonyl (C=O) groups excluding carboxylic acids is 1. The van der Waals surface area contributed by atoms with Crippen molar-refractivity contribution in [3.05, 3.63) is 29.3 Å². The van der Waals surface area contributed by atoms with Gasteiger partial charge in [-0.05, 0) is 32.4 Å². The first-order chi connectivity index (χ1) is 9.61. The van der Waals surface area contributed by atoms with E-state index in [1.54, 1.807) is 13.8 Å². The maximum Gasteiger partial charge on any atom is 0.260 e. The van der Waals surface area contributed by atoms with Gasteiger partial charge in [-0.15, -0.1) is 0 Å². The van der Waals surface area contributed by atoms with Crippen LogP contribution in [0.25, 0.3) is 0 Å². The lowest BCUT2D eigenvalue weighted by Gasteiger charge is -2.26. The first-order valence-electron chi connectivity index (χ1n) is 6.43. The Bertz CT molecular complexity index is 645. The minimum Gasteiger partial charge on any atom is -0.336 e. The quantitative estimate of drug-likeness (QED) is 0.899. The van der Waals surface area contributed by atoms with Gasteiger partial charge in [0.15, 0.2) is 5.82 Å². The molecule has 1 aromatic rings. The maximum atomic E-state index is 14.2. The third-order valence-corrected chi connectivity index (χ3v) is 3.85. The molecular weight excluding hydrogens is 302 g/mol. The molecule has 0 aromatic heterocycles. The lowest BCUT2D eigenvalue weighted by Crippen LogP contribution is -2.38. The SMILES string of the molecule is CCCN(C(=O)c1c(F)ccc(S(N)(=O)=O)c1F)C(C)C. The van der Waals surface area contributed by atoms with Gasteiger partial charge in [0.25, 0.3) is 5.91 Å². The monoisotopic (exact) mass is 320 g/mol. The Kier molecular flexibility index (Phi) is 5.41. The van der Waals surface area contributed by atoms with Gasteiger partial charge in [-0.25, -0.2) is 22.3 Å². The van der Waals surface area contributed by atoms with Crippen LogP contribution in [0.3, 0.4) is 0 Å². The van der Waals surface area contributed by atoms with E-state index in [0.717, 1.165) is 6.07 Å². The van der Waals surface area contributed by atoms with Gasteiger partial charge < -0.3 is 4.90 Å². The van der Waals surface area contributed by atoms with E-state index in [2.05, 4.69) is 0 Å². The van der Waals surface area contributed by atoms with Crippen molar-refractivity contribution in [3.8, 4) is 0 Å². The molecule has 0 aliphatic rings. The first-order valence-corrected chi connectivity index (χ1v) is 7.97. The molecule has 0 aliphatic carbocycles. The lowest BCUT2D eigenvalue weighted by atomic mass is 10.1. The van der Waals surface area contributed by atoms with Crippen molar-refractivity contribution in [1.82, 2.24) is 4.90 Å². The smallest absolute Gasteiger partial charge is 0.260 e. The van der Waals surface area contributed by atoms with E-state index < -0.39 is 38.0 Å². The molecule has 8 heteroatoms. The van der Waals surface area contributed by atoms with Gasteiger partial charge in [0.05, 0.1) is 0 Å². The summed E-state index contributed by atoms with van der Waals surface area (Å²) in [5.41, 5.74) is -0.899. The molecule has 5 nitrogen and oxygen atoms in total. The van der Waals surface area contributed by atoms with E-state index in [-0.39, 0.29) is 6.04 Å². The molecule has 0 spiro atoms. The van der Waals surface area contributed by atoms with Crippen molar-refractivity contribution >= 4 is 15.9 Å². The summed E-state index contributed by atoms with van der Waals surface area (Å²) in [5.74, 6) is -3.47. The standard InChI is InChI=1S/C13H18F2N2O3S/c1-4-7-17(8(2)3)13(18)11-9(14)5-6-10(12(11)15)21(16,19)20/h5-6,8H,4,7H2,1-3H3,(H2,16,19,20). The van der Waals surface area contributed by atoms with Crippen LogP contribution in [0.4, 0.5) is 8.78 Å². The summed E-state index contributed by atoms with van der Waals surface area (Å²) in [4.78, 5) is 12.7. The molecule has 0 aliphatic heterocycles. The number of benzene rings is 1. The Hall–Kier alpha value is -1.54. The lowest BCUT2D eigenvalue weighted by molar-refractivity contribution is 0.0695. The van der Waals surface area contributed by atoms with Crippen molar-refractivity contribution < 1.29 is 22.0 Å². The largest absolute Gasteiger partial charge is 0.336 e. The van der Waals surface area contributed by atoms with Crippen LogP contribution in [-0.2, 0) is 10.0 Å². The number of nitrogens with zero attached hydrogens (tertiary/aromatic N) is 1. The Morgan fingerprint density at radius 2 is 1.90 bits per heavy atom. The highest BCUT2D eigenvalue weighted by atomic mass is 32.2. The summed E-state index contributed by atoms with van der Waals surface area (Å²) in [6.45, 7) is 5.52. The topological polar surface area (TPSA) is 80.5 Å². The third-order valence-electron chi connectivity index (χ3n) is 2.92. The minimum absolute atomic E-state index is 0.283. The fourth-order valence-corrected chi connectivity index (χ4v) is 2.54. The van der Waals surface area contributed by atoms with E-state index in [0.29, 0.717) is 19.0 Å². The van der Waals surface area contributed by atoms with Crippen LogP contribution in [0.5, 0.6) is 0 Å². The number of amides is 1. The summed E-state index contributed by atoms with van der Waals surface area (Å²) in [5, 5.41) is 4.86. The Morgan fingerprint density at radius 3 is 2.33 bits per heavy atom. The zero-order chi connectivity index (χ0) is 16.4. The van der Waals surface area contributed by atoms with E-state index in [9.17, 15) is 22.0 Å². The first kappa shape index (κ1) is 17.5. The second-order valence-corrected chi connectivity index (χ2v) is 6.40. The minimum atomic E-state index is -4.38. The van der Waals surface area contributed by atoms with Crippen LogP contribution < -0.4 is 5.14 Å². The van der Waals surface area contributed by atoms with E-state index in [1.165, 1.54) is 4.90 Å². The molecule has 1 rings (SSSR count). The van der Waals surface area contributed by atoms with Crippen LogP contribution in [0.1, 0.15) is 37.6 Å². The molecule has 1 aromatic carbocycles. The third kappa shape index (κ3) is 3.76. The van der Waals surface area contributed by atoms with Gasteiger partial charge in [-0.1, -0.05) is 6.92 Å². The van der Waals surface area contributed by atoms with Crippen LogP contribution >= 0.6 is 0 Å². The number of hydrogen-bond donors (Lipinski definition) is 1. The average molecular weight is 320 g/mol. The molecule has 118 valence electrons. The highest BCUT2D eigenvalue weighted by Gasteiger charge is 2.29. The molecule has 0 unspecified atom stereocenters. The van der Waals surface area contributed by atoms with Gasteiger partial charge in [-0.2, -0.15) is 0 Å². The molecule has 0 radical (unpaired) electrons. The van der Waals surface area contributed by atoms with Crippen molar-refractivity contribution in [3.63, 3.8) is 0 Å². The van der Waals surface area contributed by atoms with E-state index in [4.69, 9.17) is 5.14 Å². The predicted octanol–water partition coefficient (Wildman–Crippen LogP) is 1.87. The van der Waals surface area contributed by atoms with Gasteiger partial charge in [0, 0.05) is 12.6 Å². The average Bonchev–Trinajstić information content (AvgIpc) is 2.33. The Labute approximate surface area is 122 Å². The summed E-state index contributed by atoms with van der Waals surface area (Å²) in [6, 6.07) is 1.14. The fourth-order valence-electron chi connectivity index (χ4n) is 1.93. The molecule has 21 heavy (non-hydrogen) atoms. The number of nitrogens with two attached hydrogens (primary N) is 1. The second kappa shape index (κ2) is 6.48.